The number of hydrogen-bond donors (Lipinski definition) is 2. The first-order valence-electron chi connectivity index (χ1n) is 12.5. The van der Waals surface area contributed by atoms with Crippen molar-refractivity contribution in [2.24, 2.45) is 5.14 Å². The van der Waals surface area contributed by atoms with Gasteiger partial charge in [0.2, 0.25) is 5.16 Å². The Morgan fingerprint density at radius 1 is 1.08 bits per heavy atom. The third-order valence-corrected chi connectivity index (χ3v) is 7.64. The first-order chi connectivity index (χ1) is 17.7. The van der Waals surface area contributed by atoms with Gasteiger partial charge in [-0.15, -0.1) is 0 Å². The van der Waals surface area contributed by atoms with Gasteiger partial charge in [-0.25, -0.2) is 23.3 Å². The molecule has 0 fully saturated rings. The average Bonchev–Trinajstić information content (AvgIpc) is 3.32. The summed E-state index contributed by atoms with van der Waals surface area (Å²) in [6.45, 7) is 3.87. The van der Waals surface area contributed by atoms with Gasteiger partial charge in [0.25, 0.3) is 10.0 Å². The first kappa shape index (κ1) is 26.6. The van der Waals surface area contributed by atoms with E-state index in [1.165, 1.54) is 4.57 Å². The molecule has 0 bridgehead atoms. The number of carbonyl (C=O) groups excluding carboxylic acids is 1. The van der Waals surface area contributed by atoms with E-state index in [2.05, 4.69) is 4.98 Å². The van der Waals surface area contributed by atoms with Crippen LogP contribution in [0.1, 0.15) is 63.1 Å². The van der Waals surface area contributed by atoms with Crippen molar-refractivity contribution < 1.29 is 23.1 Å². The van der Waals surface area contributed by atoms with Gasteiger partial charge in [-0.2, -0.15) is 0 Å². The van der Waals surface area contributed by atoms with Crippen molar-refractivity contribution in [2.75, 3.05) is 0 Å². The quantitative estimate of drug-likeness (QED) is 0.363. The number of carbonyl (C=O) groups is 1. The second-order valence-corrected chi connectivity index (χ2v) is 11.0. The summed E-state index contributed by atoms with van der Waals surface area (Å²) in [5.74, 6) is -1.29. The number of rotatable bonds is 10. The molecular formula is C28H33N3O5S. The van der Waals surface area contributed by atoms with Crippen LogP contribution in [0.25, 0.3) is 5.69 Å². The Balaban J connectivity index is 1.70. The Hall–Kier alpha value is -3.43. The SMILES string of the molecule is CCCC1(CCc2ccccc2)CC(O)=C(C(CC)c2cn(-c3ccccc3)c(S(N)(=O)=O)n2)C(=O)O1. The van der Waals surface area contributed by atoms with E-state index >= 15 is 0 Å². The van der Waals surface area contributed by atoms with Gasteiger partial charge in [-0.1, -0.05) is 68.8 Å². The molecule has 196 valence electrons. The van der Waals surface area contributed by atoms with Gasteiger partial charge in [-0.05, 0) is 43.4 Å². The predicted octanol–water partition coefficient (Wildman–Crippen LogP) is 4.94. The summed E-state index contributed by atoms with van der Waals surface area (Å²) < 4.78 is 32.2. The fraction of sp³-hybridized carbons (Fsp3) is 0.357. The Labute approximate surface area is 217 Å². The van der Waals surface area contributed by atoms with Gasteiger partial charge < -0.3 is 9.84 Å². The van der Waals surface area contributed by atoms with Crippen LogP contribution in [0, 0.1) is 0 Å². The molecule has 37 heavy (non-hydrogen) atoms. The molecule has 0 amide bonds. The number of aromatic nitrogens is 2. The number of benzene rings is 2. The molecular weight excluding hydrogens is 490 g/mol. The molecule has 8 nitrogen and oxygen atoms in total. The maximum Gasteiger partial charge on any atom is 0.338 e. The number of primary sulfonamides is 1. The van der Waals surface area contributed by atoms with Crippen LogP contribution in [-0.4, -0.2) is 34.6 Å². The maximum absolute atomic E-state index is 13.4. The third-order valence-electron chi connectivity index (χ3n) is 6.84. The lowest BCUT2D eigenvalue weighted by Gasteiger charge is -2.38. The molecule has 3 aromatic rings. The highest BCUT2D eigenvalue weighted by molar-refractivity contribution is 7.89. The van der Waals surface area contributed by atoms with Gasteiger partial charge in [0, 0.05) is 24.2 Å². The molecule has 0 aliphatic carbocycles. The number of imidazole rings is 1. The van der Waals surface area contributed by atoms with Crippen molar-refractivity contribution in [1.82, 2.24) is 9.55 Å². The minimum Gasteiger partial charge on any atom is -0.512 e. The van der Waals surface area contributed by atoms with Crippen LogP contribution in [0.15, 0.2) is 83.3 Å². The van der Waals surface area contributed by atoms with E-state index in [0.29, 0.717) is 37.1 Å². The van der Waals surface area contributed by atoms with Crippen molar-refractivity contribution in [3.63, 3.8) is 0 Å². The molecule has 0 saturated heterocycles. The minimum absolute atomic E-state index is 0.0315. The number of para-hydroxylation sites is 1. The van der Waals surface area contributed by atoms with E-state index in [1.807, 2.05) is 50.2 Å². The molecule has 2 aromatic carbocycles. The molecule has 0 radical (unpaired) electrons. The Kier molecular flexibility index (Phi) is 7.85. The van der Waals surface area contributed by atoms with E-state index in [4.69, 9.17) is 9.88 Å². The first-order valence-corrected chi connectivity index (χ1v) is 14.1. The molecule has 0 saturated carbocycles. The number of nitrogens with zero attached hydrogens (tertiary/aromatic N) is 2. The van der Waals surface area contributed by atoms with Crippen LogP contribution in [0.5, 0.6) is 0 Å². The van der Waals surface area contributed by atoms with Crippen LogP contribution >= 0.6 is 0 Å². The van der Waals surface area contributed by atoms with Gasteiger partial charge in [0.1, 0.15) is 11.4 Å². The molecule has 1 aromatic heterocycles. The summed E-state index contributed by atoms with van der Waals surface area (Å²) in [7, 11) is -4.16. The number of nitrogens with two attached hydrogens (primary N) is 1. The highest BCUT2D eigenvalue weighted by Gasteiger charge is 2.43. The summed E-state index contributed by atoms with van der Waals surface area (Å²) >= 11 is 0. The zero-order valence-corrected chi connectivity index (χ0v) is 21.9. The van der Waals surface area contributed by atoms with Gasteiger partial charge >= 0.3 is 5.97 Å². The molecule has 2 atom stereocenters. The van der Waals surface area contributed by atoms with Crippen LogP contribution in [0.4, 0.5) is 0 Å². The van der Waals surface area contributed by atoms with Gasteiger partial charge in [0.15, 0.2) is 0 Å². The summed E-state index contributed by atoms with van der Waals surface area (Å²) in [5, 5.41) is 16.4. The van der Waals surface area contributed by atoms with Crippen LogP contribution in [-0.2, 0) is 26.0 Å². The van der Waals surface area contributed by atoms with Crippen molar-refractivity contribution >= 4 is 16.0 Å². The fourth-order valence-corrected chi connectivity index (χ4v) is 5.77. The van der Waals surface area contributed by atoms with Crippen LogP contribution in [0.2, 0.25) is 0 Å². The number of ether oxygens (including phenoxy) is 1. The largest absolute Gasteiger partial charge is 0.512 e. The smallest absolute Gasteiger partial charge is 0.338 e. The molecule has 3 N–H and O–H groups in total. The number of hydrogen-bond acceptors (Lipinski definition) is 6. The van der Waals surface area contributed by atoms with Crippen molar-refractivity contribution in [2.45, 2.75) is 69.0 Å². The number of cyclic esters (lactones) is 1. The van der Waals surface area contributed by atoms with Crippen molar-refractivity contribution in [3.8, 4) is 5.69 Å². The summed E-state index contributed by atoms with van der Waals surface area (Å²) in [5.41, 5.74) is 1.33. The highest BCUT2D eigenvalue weighted by Crippen LogP contribution is 2.42. The van der Waals surface area contributed by atoms with Gasteiger partial charge in [-0.3, -0.25) is 4.57 Å². The second-order valence-electron chi connectivity index (χ2n) is 9.51. The fourth-order valence-electron chi connectivity index (χ4n) is 5.11. The molecule has 2 unspecified atom stereocenters. The van der Waals surface area contributed by atoms with E-state index in [0.717, 1.165) is 12.0 Å². The summed E-state index contributed by atoms with van der Waals surface area (Å²) in [4.78, 5) is 17.7. The lowest BCUT2D eigenvalue weighted by Crippen LogP contribution is -2.41. The Bertz CT molecular complexity index is 1380. The second kappa shape index (κ2) is 10.9. The highest BCUT2D eigenvalue weighted by atomic mass is 32.2. The van der Waals surface area contributed by atoms with E-state index < -0.39 is 27.5 Å². The van der Waals surface area contributed by atoms with E-state index in [-0.39, 0.29) is 22.9 Å². The van der Waals surface area contributed by atoms with E-state index in [1.54, 1.807) is 30.5 Å². The zero-order chi connectivity index (χ0) is 26.6. The monoisotopic (exact) mass is 523 g/mol. The van der Waals surface area contributed by atoms with Crippen LogP contribution in [0.3, 0.4) is 0 Å². The van der Waals surface area contributed by atoms with E-state index in [9.17, 15) is 18.3 Å². The summed E-state index contributed by atoms with van der Waals surface area (Å²) in [6.07, 6.45) is 4.87. The number of aliphatic hydroxyl groups excluding tert-OH is 1. The predicted molar refractivity (Wildman–Crippen MR) is 141 cm³/mol. The van der Waals surface area contributed by atoms with Crippen molar-refractivity contribution in [3.05, 3.63) is 89.5 Å². The maximum atomic E-state index is 13.4. The lowest BCUT2D eigenvalue weighted by atomic mass is 9.81. The molecule has 4 rings (SSSR count). The number of esters is 1. The van der Waals surface area contributed by atoms with Crippen LogP contribution < -0.4 is 5.14 Å². The topological polar surface area (TPSA) is 125 Å². The van der Waals surface area contributed by atoms with Crippen molar-refractivity contribution in [1.29, 1.82) is 0 Å². The molecule has 1 aliphatic heterocycles. The Morgan fingerprint density at radius 3 is 2.30 bits per heavy atom. The normalized spacial score (nSPS) is 19.1. The number of aliphatic hydroxyl groups is 1. The minimum atomic E-state index is -4.16. The molecule has 1 aliphatic rings. The van der Waals surface area contributed by atoms with Gasteiger partial charge in [0.05, 0.1) is 11.3 Å². The Morgan fingerprint density at radius 2 is 1.73 bits per heavy atom. The average molecular weight is 524 g/mol. The molecule has 9 heteroatoms. The molecule has 2 heterocycles. The standard InChI is InChI=1S/C28H33N3O5S/c1-3-16-28(17-15-20-11-7-5-8-12-20)18-24(32)25(26(33)36-28)22(4-2)23-19-31(21-13-9-6-10-14-21)27(30-23)37(29,34)35/h5-14,19,22,32H,3-4,15-18H2,1-2H3,(H2,29,34,35). The molecule has 0 spiro atoms. The number of aryl methyl sites for hydroxylation is 1. The summed E-state index contributed by atoms with van der Waals surface area (Å²) in [6, 6.07) is 18.8. The number of sulfonamides is 1. The lowest BCUT2D eigenvalue weighted by molar-refractivity contribution is -0.161. The zero-order valence-electron chi connectivity index (χ0n) is 21.1. The third kappa shape index (κ3) is 5.78.